The Bertz CT molecular complexity index is 372. The zero-order chi connectivity index (χ0) is 14.2. The van der Waals surface area contributed by atoms with Crippen LogP contribution in [0.5, 0.6) is 0 Å². The minimum absolute atomic E-state index is 0.961. The van der Waals surface area contributed by atoms with Gasteiger partial charge >= 0.3 is 0 Å². The Balaban J connectivity index is 1.83. The molecule has 0 bridgehead atoms. The third-order valence-corrected chi connectivity index (χ3v) is 4.53. The summed E-state index contributed by atoms with van der Waals surface area (Å²) >= 11 is 0. The molecule has 1 aromatic carbocycles. The van der Waals surface area contributed by atoms with Crippen molar-refractivity contribution < 1.29 is 0 Å². The molecule has 2 heteroatoms. The minimum Gasteiger partial charge on any atom is -0.313 e. The summed E-state index contributed by atoms with van der Waals surface area (Å²) in [5.41, 5.74) is 2.85. The molecule has 0 radical (unpaired) electrons. The molecule has 20 heavy (non-hydrogen) atoms. The number of nitrogens with zero attached hydrogens (tertiary/aromatic N) is 1. The maximum absolute atomic E-state index is 3.37. The molecule has 0 aliphatic carbocycles. The lowest BCUT2D eigenvalue weighted by Crippen LogP contribution is -2.24. The third kappa shape index (κ3) is 4.92. The molecule has 1 N–H and O–H groups in total. The van der Waals surface area contributed by atoms with E-state index >= 15 is 0 Å². The van der Waals surface area contributed by atoms with Gasteiger partial charge in [0.1, 0.15) is 0 Å². The number of likely N-dealkylation sites (tertiary alicyclic amines) is 1. The highest BCUT2D eigenvalue weighted by molar-refractivity contribution is 5.22. The minimum atomic E-state index is 0.961. The van der Waals surface area contributed by atoms with Crippen LogP contribution in [-0.4, -0.2) is 24.5 Å². The first kappa shape index (κ1) is 15.5. The van der Waals surface area contributed by atoms with Crippen LogP contribution in [0.2, 0.25) is 0 Å². The van der Waals surface area contributed by atoms with Crippen LogP contribution < -0.4 is 5.32 Å². The van der Waals surface area contributed by atoms with Crippen molar-refractivity contribution in [1.82, 2.24) is 10.2 Å². The van der Waals surface area contributed by atoms with Crippen molar-refractivity contribution in [3.63, 3.8) is 0 Å². The van der Waals surface area contributed by atoms with Gasteiger partial charge in [0.15, 0.2) is 0 Å². The van der Waals surface area contributed by atoms with E-state index in [9.17, 15) is 0 Å². The van der Waals surface area contributed by atoms with Crippen LogP contribution in [0.4, 0.5) is 0 Å². The van der Waals surface area contributed by atoms with Gasteiger partial charge in [0, 0.05) is 13.1 Å². The lowest BCUT2D eigenvalue weighted by Gasteiger charge is -2.20. The first-order valence-corrected chi connectivity index (χ1v) is 8.32. The largest absolute Gasteiger partial charge is 0.313 e. The topological polar surface area (TPSA) is 15.3 Å². The molecule has 0 aromatic heterocycles. The van der Waals surface area contributed by atoms with Gasteiger partial charge in [-0.15, -0.1) is 0 Å². The van der Waals surface area contributed by atoms with E-state index < -0.39 is 0 Å². The van der Waals surface area contributed by atoms with E-state index in [4.69, 9.17) is 0 Å². The number of nitrogens with one attached hydrogen (secondary N) is 1. The third-order valence-electron chi connectivity index (χ3n) is 4.53. The first-order valence-electron chi connectivity index (χ1n) is 8.32. The van der Waals surface area contributed by atoms with Crippen LogP contribution in [0, 0.1) is 5.92 Å². The molecule has 1 aliphatic heterocycles. The fourth-order valence-electron chi connectivity index (χ4n) is 3.08. The number of benzene rings is 1. The Morgan fingerprint density at radius 3 is 2.50 bits per heavy atom. The Morgan fingerprint density at radius 2 is 1.80 bits per heavy atom. The van der Waals surface area contributed by atoms with E-state index in [1.165, 1.54) is 49.9 Å². The van der Waals surface area contributed by atoms with Gasteiger partial charge in [0.2, 0.25) is 0 Å². The standard InChI is InChI=1S/C18H30N2/c1-3-16-6-5-12-20(13-11-16)15-18-9-7-17(8-10-18)14-19-4-2/h7-10,16,19H,3-6,11-15H2,1-2H3. The SMILES string of the molecule is CCNCc1ccc(CN2CCCC(CC)CC2)cc1. The van der Waals surface area contributed by atoms with Crippen molar-refractivity contribution in [2.45, 2.75) is 52.6 Å². The summed E-state index contributed by atoms with van der Waals surface area (Å²) in [6.45, 7) is 10.2. The Morgan fingerprint density at radius 1 is 1.05 bits per heavy atom. The normalized spacial score (nSPS) is 20.8. The van der Waals surface area contributed by atoms with Gasteiger partial charge in [0.05, 0.1) is 0 Å². The molecule has 0 saturated carbocycles. The monoisotopic (exact) mass is 274 g/mol. The van der Waals surface area contributed by atoms with E-state index in [1.807, 2.05) is 0 Å². The second-order valence-corrected chi connectivity index (χ2v) is 6.08. The first-order chi connectivity index (χ1) is 9.81. The molecule has 1 saturated heterocycles. The summed E-state index contributed by atoms with van der Waals surface area (Å²) in [6, 6.07) is 9.14. The van der Waals surface area contributed by atoms with Crippen molar-refractivity contribution in [3.8, 4) is 0 Å². The highest BCUT2D eigenvalue weighted by atomic mass is 15.1. The Kier molecular flexibility index (Phi) is 6.55. The summed E-state index contributed by atoms with van der Waals surface area (Å²) in [4.78, 5) is 2.63. The lowest BCUT2D eigenvalue weighted by molar-refractivity contribution is 0.272. The van der Waals surface area contributed by atoms with Crippen LogP contribution in [0.25, 0.3) is 0 Å². The number of hydrogen-bond donors (Lipinski definition) is 1. The van der Waals surface area contributed by atoms with Gasteiger partial charge < -0.3 is 5.32 Å². The van der Waals surface area contributed by atoms with Gasteiger partial charge in [-0.25, -0.2) is 0 Å². The van der Waals surface area contributed by atoms with Crippen molar-refractivity contribution in [2.75, 3.05) is 19.6 Å². The molecular formula is C18H30N2. The summed E-state index contributed by atoms with van der Waals surface area (Å²) < 4.78 is 0. The second-order valence-electron chi connectivity index (χ2n) is 6.08. The summed E-state index contributed by atoms with van der Waals surface area (Å²) in [7, 11) is 0. The summed E-state index contributed by atoms with van der Waals surface area (Å²) in [5.74, 6) is 0.961. The van der Waals surface area contributed by atoms with E-state index in [-0.39, 0.29) is 0 Å². The molecule has 1 aromatic rings. The quantitative estimate of drug-likeness (QED) is 0.848. The molecule has 2 rings (SSSR count). The van der Waals surface area contributed by atoms with E-state index in [2.05, 4.69) is 48.3 Å². The lowest BCUT2D eigenvalue weighted by atomic mass is 9.98. The van der Waals surface area contributed by atoms with Crippen molar-refractivity contribution in [2.24, 2.45) is 5.92 Å². The van der Waals surface area contributed by atoms with E-state index in [1.54, 1.807) is 0 Å². The van der Waals surface area contributed by atoms with Crippen LogP contribution in [0.3, 0.4) is 0 Å². The highest BCUT2D eigenvalue weighted by Gasteiger charge is 2.15. The zero-order valence-electron chi connectivity index (χ0n) is 13.2. The summed E-state index contributed by atoms with van der Waals surface area (Å²) in [5, 5.41) is 3.37. The van der Waals surface area contributed by atoms with Crippen LogP contribution >= 0.6 is 0 Å². The predicted octanol–water partition coefficient (Wildman–Crippen LogP) is 3.81. The fourth-order valence-corrected chi connectivity index (χ4v) is 3.08. The van der Waals surface area contributed by atoms with Gasteiger partial charge in [-0.05, 0) is 55.9 Å². The van der Waals surface area contributed by atoms with Gasteiger partial charge in [0.25, 0.3) is 0 Å². The smallest absolute Gasteiger partial charge is 0.0233 e. The Labute approximate surface area is 124 Å². The molecule has 1 unspecified atom stereocenters. The summed E-state index contributed by atoms with van der Waals surface area (Å²) in [6.07, 6.45) is 5.54. The number of hydrogen-bond acceptors (Lipinski definition) is 2. The fraction of sp³-hybridized carbons (Fsp3) is 0.667. The van der Waals surface area contributed by atoms with Gasteiger partial charge in [-0.2, -0.15) is 0 Å². The average Bonchev–Trinajstić information content (AvgIpc) is 2.72. The van der Waals surface area contributed by atoms with Crippen LogP contribution in [0.15, 0.2) is 24.3 Å². The molecule has 0 amide bonds. The molecule has 112 valence electrons. The second kappa shape index (κ2) is 8.43. The van der Waals surface area contributed by atoms with Crippen LogP contribution in [0.1, 0.15) is 50.7 Å². The Hall–Kier alpha value is -0.860. The maximum atomic E-state index is 3.37. The van der Waals surface area contributed by atoms with E-state index in [0.717, 1.165) is 25.6 Å². The molecule has 1 fully saturated rings. The van der Waals surface area contributed by atoms with Crippen molar-refractivity contribution in [1.29, 1.82) is 0 Å². The van der Waals surface area contributed by atoms with Crippen LogP contribution in [-0.2, 0) is 13.1 Å². The number of rotatable bonds is 6. The van der Waals surface area contributed by atoms with Crippen molar-refractivity contribution in [3.05, 3.63) is 35.4 Å². The zero-order valence-corrected chi connectivity index (χ0v) is 13.2. The van der Waals surface area contributed by atoms with E-state index in [0.29, 0.717) is 0 Å². The average molecular weight is 274 g/mol. The maximum Gasteiger partial charge on any atom is 0.0233 e. The molecule has 2 nitrogen and oxygen atoms in total. The molecular weight excluding hydrogens is 244 g/mol. The van der Waals surface area contributed by atoms with Crippen molar-refractivity contribution >= 4 is 0 Å². The van der Waals surface area contributed by atoms with Gasteiger partial charge in [-0.3, -0.25) is 4.90 Å². The molecule has 1 atom stereocenters. The highest BCUT2D eigenvalue weighted by Crippen LogP contribution is 2.21. The molecule has 1 heterocycles. The predicted molar refractivity (Wildman–Crippen MR) is 86.7 cm³/mol. The molecule has 1 aliphatic rings. The van der Waals surface area contributed by atoms with Gasteiger partial charge in [-0.1, -0.05) is 44.5 Å². The molecule has 0 spiro atoms.